The van der Waals surface area contributed by atoms with Crippen molar-refractivity contribution in [1.29, 1.82) is 0 Å². The van der Waals surface area contributed by atoms with E-state index in [9.17, 15) is 29.3 Å². The van der Waals surface area contributed by atoms with E-state index in [0.29, 0.717) is 0 Å². The number of nitrogens with two attached hydrogens (primary N) is 1. The second-order valence-electron chi connectivity index (χ2n) is 9.34. The number of nitrogen functional groups attached to an aromatic ring is 1. The van der Waals surface area contributed by atoms with Crippen LogP contribution in [0.5, 0.6) is 0 Å². The Morgan fingerprint density at radius 2 is 1.64 bits per heavy atom. The van der Waals surface area contributed by atoms with Gasteiger partial charge in [-0.15, -0.1) is 0 Å². The summed E-state index contributed by atoms with van der Waals surface area (Å²) in [7, 11) is 0. The van der Waals surface area contributed by atoms with E-state index in [1.165, 1.54) is 17.2 Å². The zero-order chi connectivity index (χ0) is 30.0. The SMILES string of the molecule is Nc1ncnc2c1ncn2[C@@H]1O[C@@H]2COP([O-])(=S)O[C@@H]3[C@H](O)[C@@H](COP(=O)([S-])O[C@@H]1[C@@H]2O)O[C@H]3n1ccc(=O)[nH]c1=O.[NH4+].[NH4+]. The molecule has 0 aliphatic carbocycles. The molecule has 4 bridgehead atoms. The van der Waals surface area contributed by atoms with Gasteiger partial charge in [0.1, 0.15) is 55.2 Å². The molecule has 244 valence electrons. The molecule has 3 aromatic rings. The van der Waals surface area contributed by atoms with Crippen molar-refractivity contribution in [1.82, 2.24) is 41.4 Å². The first-order chi connectivity index (χ1) is 19.8. The second-order valence-corrected chi connectivity index (χ2v) is 14.7. The van der Waals surface area contributed by atoms with E-state index in [1.54, 1.807) is 0 Å². The predicted octanol–water partition coefficient (Wildman–Crippen LogP) is -1.72. The molecule has 3 aromatic heterocycles. The number of fused-ring (bicyclic) bond motifs is 5. The van der Waals surface area contributed by atoms with Crippen molar-refractivity contribution in [3.05, 3.63) is 45.8 Å². The van der Waals surface area contributed by atoms with Gasteiger partial charge in [-0.2, -0.15) is 0 Å². The van der Waals surface area contributed by atoms with Gasteiger partial charge < -0.3 is 73.0 Å². The number of ether oxygens (including phenoxy) is 2. The number of hydrogen-bond donors (Lipinski definition) is 6. The average molecular weight is 702 g/mol. The predicted molar refractivity (Wildman–Crippen MR) is 154 cm³/mol. The lowest BCUT2D eigenvalue weighted by Gasteiger charge is -2.34. The maximum atomic E-state index is 13.3. The molecule has 2 unspecified atom stereocenters. The Kier molecular flexibility index (Phi) is 10.2. The van der Waals surface area contributed by atoms with Crippen molar-refractivity contribution in [3.8, 4) is 0 Å². The molecule has 0 saturated carbocycles. The minimum atomic E-state index is -4.49. The normalized spacial score (nSPS) is 37.5. The number of quaternary nitrogens is 2. The fraction of sp³-hybridized carbons (Fsp3) is 0.526. The molecule has 0 aromatic carbocycles. The molecule has 6 rings (SSSR count). The summed E-state index contributed by atoms with van der Waals surface area (Å²) in [5.74, 6) is 0.0607. The van der Waals surface area contributed by atoms with Crippen LogP contribution < -0.4 is 34.2 Å². The Balaban J connectivity index is 0.00000221. The first kappa shape index (κ1) is 34.7. The zero-order valence-corrected chi connectivity index (χ0v) is 26.3. The monoisotopic (exact) mass is 701 g/mol. The summed E-state index contributed by atoms with van der Waals surface area (Å²) in [4.78, 5) is 51.4. The van der Waals surface area contributed by atoms with Crippen LogP contribution in [0.25, 0.3) is 11.2 Å². The summed E-state index contributed by atoms with van der Waals surface area (Å²) < 4.78 is 48.8. The van der Waals surface area contributed by atoms with Gasteiger partial charge in [0.25, 0.3) is 5.56 Å². The van der Waals surface area contributed by atoms with Gasteiger partial charge in [-0.3, -0.25) is 23.5 Å². The fourth-order valence-electron chi connectivity index (χ4n) is 4.76. The van der Waals surface area contributed by atoms with E-state index in [0.717, 1.165) is 16.8 Å². The number of nitrogens with one attached hydrogen (secondary N) is 1. The molecular formula is C19H29N9O12P2S2. The van der Waals surface area contributed by atoms with Crippen molar-refractivity contribution in [2.45, 2.75) is 49.1 Å². The number of H-pyrrole nitrogens is 1. The molecule has 3 aliphatic rings. The first-order valence-electron chi connectivity index (χ1n) is 12.0. The lowest BCUT2D eigenvalue weighted by Crippen LogP contribution is -2.40. The van der Waals surface area contributed by atoms with E-state index < -0.39 is 87.1 Å². The molecule has 0 amide bonds. The van der Waals surface area contributed by atoms with Gasteiger partial charge in [0.2, 0.25) is 6.80 Å². The number of aliphatic hydroxyl groups is 2. The smallest absolute Gasteiger partial charge is 0.330 e. The van der Waals surface area contributed by atoms with E-state index in [1.807, 2.05) is 4.98 Å². The third-order valence-corrected chi connectivity index (χ3v) is 9.79. The highest BCUT2D eigenvalue weighted by atomic mass is 32.7. The van der Waals surface area contributed by atoms with Gasteiger partial charge in [0.05, 0.1) is 19.5 Å². The highest BCUT2D eigenvalue weighted by Gasteiger charge is 2.50. The number of rotatable bonds is 2. The van der Waals surface area contributed by atoms with Crippen LogP contribution in [0.3, 0.4) is 0 Å². The van der Waals surface area contributed by atoms with E-state index in [-0.39, 0.29) is 29.3 Å². The Labute approximate surface area is 256 Å². The van der Waals surface area contributed by atoms with Gasteiger partial charge in [0.15, 0.2) is 23.9 Å². The largest absolute Gasteiger partial charge is 0.780 e. The maximum absolute atomic E-state index is 13.3. The summed E-state index contributed by atoms with van der Waals surface area (Å²) in [6.45, 7) is -10.3. The van der Waals surface area contributed by atoms with Crippen molar-refractivity contribution in [2.75, 3.05) is 18.9 Å². The Bertz CT molecular complexity index is 1730. The lowest BCUT2D eigenvalue weighted by atomic mass is 10.1. The van der Waals surface area contributed by atoms with Crippen LogP contribution in [-0.4, -0.2) is 89.1 Å². The van der Waals surface area contributed by atoms with Crippen LogP contribution in [0.15, 0.2) is 34.5 Å². The molecule has 25 heteroatoms. The van der Waals surface area contributed by atoms with Gasteiger partial charge in [-0.1, -0.05) is 11.8 Å². The second kappa shape index (κ2) is 12.9. The van der Waals surface area contributed by atoms with E-state index in [2.05, 4.69) is 15.0 Å². The molecule has 0 radical (unpaired) electrons. The Hall–Kier alpha value is -2.18. The van der Waals surface area contributed by atoms with Gasteiger partial charge in [-0.05, 0) is 0 Å². The fourth-order valence-corrected chi connectivity index (χ4v) is 7.56. The number of imidazole rings is 1. The molecule has 3 aliphatic heterocycles. The van der Waals surface area contributed by atoms with Crippen molar-refractivity contribution >= 4 is 54.6 Å². The average Bonchev–Trinajstić information content (AvgIpc) is 3.57. The number of anilines is 1. The molecule has 0 spiro atoms. The number of aliphatic hydroxyl groups excluding tert-OH is 2. The third kappa shape index (κ3) is 6.54. The summed E-state index contributed by atoms with van der Waals surface area (Å²) in [6, 6.07) is 1.01. The lowest BCUT2D eigenvalue weighted by molar-refractivity contribution is -0.219. The number of aromatic nitrogens is 6. The number of aromatic amines is 1. The molecule has 21 nitrogen and oxygen atoms in total. The van der Waals surface area contributed by atoms with Crippen LogP contribution in [0.2, 0.25) is 0 Å². The molecule has 3 saturated heterocycles. The molecule has 6 heterocycles. The molecular weight excluding hydrogens is 672 g/mol. The van der Waals surface area contributed by atoms with Gasteiger partial charge >= 0.3 is 5.69 Å². The molecule has 44 heavy (non-hydrogen) atoms. The Morgan fingerprint density at radius 1 is 1.02 bits per heavy atom. The van der Waals surface area contributed by atoms with E-state index in [4.69, 9.17) is 57.4 Å². The standard InChI is InChI=1S/C19H23N7O12P2S2.2H3N/c20-15-10-16(22-5-21-15)26(6-23-10)18-14-12(29)8(36-18)4-34-39(31,41)37-13-11(28)7(3-33-40(32,42)38-14)35-17(13)25-2-1-9(27)24-19(25)30;;/h1-2,5-8,11-14,17-18,28-29H,3-4H2,(H,31,41)(H,32,42)(H2,20,21,22)(H,24,27,30);2*1H3/t7-,8-,11-,12-,13-,14-,17-,18-,39?,40?;;/m1../s1. The summed E-state index contributed by atoms with van der Waals surface area (Å²) in [5, 5.41) is 22.0. The Morgan fingerprint density at radius 3 is 2.30 bits per heavy atom. The molecule has 3 fully saturated rings. The minimum Gasteiger partial charge on any atom is -0.780 e. The first-order valence-corrected chi connectivity index (χ1v) is 17.1. The van der Waals surface area contributed by atoms with Crippen LogP contribution in [0.4, 0.5) is 5.82 Å². The van der Waals surface area contributed by atoms with Gasteiger partial charge in [-0.25, -0.2) is 19.7 Å². The summed E-state index contributed by atoms with van der Waals surface area (Å²) in [6.07, 6.45) is -8.24. The van der Waals surface area contributed by atoms with Crippen LogP contribution >= 0.6 is 13.5 Å². The maximum Gasteiger partial charge on any atom is 0.330 e. The summed E-state index contributed by atoms with van der Waals surface area (Å²) in [5.41, 5.74) is 4.60. The summed E-state index contributed by atoms with van der Waals surface area (Å²) >= 11 is 10.1. The molecule has 10 atom stereocenters. The number of nitrogens with zero attached hydrogens (tertiary/aromatic N) is 5. The molecule has 13 N–H and O–H groups in total. The van der Waals surface area contributed by atoms with E-state index >= 15 is 0 Å². The highest BCUT2D eigenvalue weighted by molar-refractivity contribution is 8.32. The van der Waals surface area contributed by atoms with Crippen molar-refractivity contribution < 1.29 is 47.2 Å². The van der Waals surface area contributed by atoms with Crippen LogP contribution in [0.1, 0.15) is 12.5 Å². The highest BCUT2D eigenvalue weighted by Crippen LogP contribution is 2.53. The quantitative estimate of drug-likeness (QED) is 0.128. The van der Waals surface area contributed by atoms with Gasteiger partial charge in [0, 0.05) is 12.3 Å². The van der Waals surface area contributed by atoms with Crippen molar-refractivity contribution in [2.24, 2.45) is 0 Å². The van der Waals surface area contributed by atoms with Crippen molar-refractivity contribution in [3.63, 3.8) is 0 Å². The topological polar surface area (TPSA) is 333 Å². The third-order valence-electron chi connectivity index (χ3n) is 6.71. The number of hydrogen-bond acceptors (Lipinski definition) is 18. The minimum absolute atomic E-state index is 0. The van der Waals surface area contributed by atoms with Crippen LogP contribution in [-0.2, 0) is 56.2 Å². The van der Waals surface area contributed by atoms with Crippen LogP contribution in [0, 0.1) is 0 Å². The zero-order valence-electron chi connectivity index (χ0n) is 22.8.